The maximum absolute atomic E-state index is 12.5. The lowest BCUT2D eigenvalue weighted by atomic mass is 9.97. The van der Waals surface area contributed by atoms with Gasteiger partial charge in [0.15, 0.2) is 0 Å². The van der Waals surface area contributed by atoms with E-state index in [2.05, 4.69) is 25.2 Å². The summed E-state index contributed by atoms with van der Waals surface area (Å²) in [5, 5.41) is 3.03. The highest BCUT2D eigenvalue weighted by atomic mass is 16.2. The zero-order chi connectivity index (χ0) is 16.7. The Balaban J connectivity index is 1.70. The Labute approximate surface area is 140 Å². The number of allylic oxidation sites excluding steroid dienone is 1. The third-order valence-electron chi connectivity index (χ3n) is 4.87. The van der Waals surface area contributed by atoms with Crippen LogP contribution >= 0.6 is 0 Å². The van der Waals surface area contributed by atoms with E-state index < -0.39 is 0 Å². The lowest BCUT2D eigenvalue weighted by molar-refractivity contribution is -0.134. The third kappa shape index (κ3) is 5.36. The summed E-state index contributed by atoms with van der Waals surface area (Å²) in [6, 6.07) is 0. The summed E-state index contributed by atoms with van der Waals surface area (Å²) in [6.07, 6.45) is 10.9. The van der Waals surface area contributed by atoms with E-state index in [1.807, 2.05) is 4.90 Å². The molecule has 2 atom stereocenters. The van der Waals surface area contributed by atoms with Gasteiger partial charge in [0, 0.05) is 19.6 Å². The van der Waals surface area contributed by atoms with Crippen LogP contribution in [-0.4, -0.2) is 36.3 Å². The number of amides is 2. The molecule has 0 radical (unpaired) electrons. The van der Waals surface area contributed by atoms with Crippen LogP contribution in [0.25, 0.3) is 0 Å². The van der Waals surface area contributed by atoms with Crippen LogP contribution in [0.15, 0.2) is 11.6 Å². The van der Waals surface area contributed by atoms with Crippen LogP contribution in [0.5, 0.6) is 0 Å². The zero-order valence-corrected chi connectivity index (χ0v) is 14.8. The van der Waals surface area contributed by atoms with Crippen LogP contribution in [0.1, 0.15) is 65.2 Å². The van der Waals surface area contributed by atoms with E-state index in [9.17, 15) is 9.59 Å². The number of carbonyl (C=O) groups excluding carboxylic acids is 2. The summed E-state index contributed by atoms with van der Waals surface area (Å²) in [6.45, 7) is 6.52. The molecule has 0 aromatic rings. The molecule has 1 saturated carbocycles. The first kappa shape index (κ1) is 18.0. The van der Waals surface area contributed by atoms with Crippen molar-refractivity contribution >= 4 is 11.8 Å². The fourth-order valence-corrected chi connectivity index (χ4v) is 3.47. The number of nitrogens with zero attached hydrogens (tertiary/aromatic N) is 1. The topological polar surface area (TPSA) is 49.4 Å². The molecule has 0 heterocycles. The maximum Gasteiger partial charge on any atom is 0.226 e. The van der Waals surface area contributed by atoms with Crippen LogP contribution in [0.2, 0.25) is 0 Å². The van der Waals surface area contributed by atoms with Crippen LogP contribution < -0.4 is 5.32 Å². The van der Waals surface area contributed by atoms with Gasteiger partial charge in [0.25, 0.3) is 0 Å². The van der Waals surface area contributed by atoms with E-state index in [0.29, 0.717) is 0 Å². The Morgan fingerprint density at radius 3 is 2.52 bits per heavy atom. The smallest absolute Gasteiger partial charge is 0.226 e. The third-order valence-corrected chi connectivity index (χ3v) is 4.87. The van der Waals surface area contributed by atoms with Crippen LogP contribution in [0.4, 0.5) is 0 Å². The van der Waals surface area contributed by atoms with Gasteiger partial charge < -0.3 is 10.2 Å². The van der Waals surface area contributed by atoms with Gasteiger partial charge in [0.05, 0.1) is 11.8 Å². The summed E-state index contributed by atoms with van der Waals surface area (Å²) in [5.41, 5.74) is 1.48. The van der Waals surface area contributed by atoms with Crippen molar-refractivity contribution in [2.75, 3.05) is 19.6 Å². The minimum absolute atomic E-state index is 0.0676. The molecule has 0 spiro atoms. The van der Waals surface area contributed by atoms with Gasteiger partial charge in [0.2, 0.25) is 11.8 Å². The normalized spacial score (nSPS) is 23.1. The first-order valence-electron chi connectivity index (χ1n) is 9.41. The highest BCUT2D eigenvalue weighted by molar-refractivity contribution is 5.92. The molecule has 2 unspecified atom stereocenters. The molecule has 1 fully saturated rings. The highest BCUT2D eigenvalue weighted by Gasteiger charge is 2.49. The zero-order valence-electron chi connectivity index (χ0n) is 14.8. The second-order valence-corrected chi connectivity index (χ2v) is 6.92. The fourth-order valence-electron chi connectivity index (χ4n) is 3.47. The molecule has 2 rings (SSSR count). The Kier molecular flexibility index (Phi) is 7.13. The van der Waals surface area contributed by atoms with E-state index in [1.165, 1.54) is 31.3 Å². The molecule has 0 bridgehead atoms. The van der Waals surface area contributed by atoms with Crippen molar-refractivity contribution in [1.29, 1.82) is 0 Å². The minimum atomic E-state index is -0.0842. The molecule has 0 aromatic heterocycles. The Hall–Kier alpha value is -1.32. The molecule has 1 N–H and O–H groups in total. The first-order chi connectivity index (χ1) is 11.2. The van der Waals surface area contributed by atoms with Crippen molar-refractivity contribution in [3.63, 3.8) is 0 Å². The van der Waals surface area contributed by atoms with E-state index in [0.717, 1.165) is 45.3 Å². The monoisotopic (exact) mass is 320 g/mol. The summed E-state index contributed by atoms with van der Waals surface area (Å²) < 4.78 is 0. The number of hydrogen-bond acceptors (Lipinski definition) is 2. The molecule has 0 saturated heterocycles. The molecule has 2 aliphatic carbocycles. The summed E-state index contributed by atoms with van der Waals surface area (Å²) in [4.78, 5) is 26.6. The van der Waals surface area contributed by atoms with Gasteiger partial charge in [-0.2, -0.15) is 0 Å². The molecule has 4 heteroatoms. The van der Waals surface area contributed by atoms with Crippen LogP contribution in [0, 0.1) is 11.8 Å². The van der Waals surface area contributed by atoms with Gasteiger partial charge >= 0.3 is 0 Å². The molecule has 2 amide bonds. The molecule has 0 aliphatic heterocycles. The summed E-state index contributed by atoms with van der Waals surface area (Å²) >= 11 is 0. The molecular formula is C19H32N2O2. The molecule has 0 aromatic carbocycles. The molecule has 23 heavy (non-hydrogen) atoms. The average molecular weight is 320 g/mol. The van der Waals surface area contributed by atoms with E-state index in [1.54, 1.807) is 0 Å². The minimum Gasteiger partial charge on any atom is -0.356 e. The van der Waals surface area contributed by atoms with E-state index >= 15 is 0 Å². The van der Waals surface area contributed by atoms with E-state index in [4.69, 9.17) is 0 Å². The van der Waals surface area contributed by atoms with Gasteiger partial charge in [-0.15, -0.1) is 0 Å². The highest BCUT2D eigenvalue weighted by Crippen LogP contribution is 2.40. The number of carbonyl (C=O) groups is 2. The molecule has 2 aliphatic rings. The summed E-state index contributed by atoms with van der Waals surface area (Å²) in [5.74, 6) is 0.109. The quantitative estimate of drug-likeness (QED) is 0.663. The van der Waals surface area contributed by atoms with Crippen LogP contribution in [-0.2, 0) is 9.59 Å². The number of rotatable bonds is 9. The second-order valence-electron chi connectivity index (χ2n) is 6.92. The van der Waals surface area contributed by atoms with Crippen molar-refractivity contribution < 1.29 is 9.59 Å². The van der Waals surface area contributed by atoms with Gasteiger partial charge in [-0.1, -0.05) is 25.5 Å². The number of hydrogen-bond donors (Lipinski definition) is 1. The van der Waals surface area contributed by atoms with Crippen molar-refractivity contribution in [3.05, 3.63) is 11.6 Å². The molecule has 130 valence electrons. The standard InChI is InChI=1S/C19H32N2O2/c1-3-12-21(13-4-2)19(23)17-14-16(17)18(22)20-11-10-15-8-6-5-7-9-15/h8,16-17H,3-7,9-14H2,1-2H3,(H,20,22). The lowest BCUT2D eigenvalue weighted by Crippen LogP contribution is -2.35. The van der Waals surface area contributed by atoms with Crippen molar-refractivity contribution in [2.24, 2.45) is 11.8 Å². The fraction of sp³-hybridized carbons (Fsp3) is 0.789. The molecule has 4 nitrogen and oxygen atoms in total. The first-order valence-corrected chi connectivity index (χ1v) is 9.41. The van der Waals surface area contributed by atoms with Crippen molar-refractivity contribution in [1.82, 2.24) is 10.2 Å². The van der Waals surface area contributed by atoms with Crippen molar-refractivity contribution in [3.8, 4) is 0 Å². The van der Waals surface area contributed by atoms with Gasteiger partial charge in [-0.25, -0.2) is 0 Å². The van der Waals surface area contributed by atoms with Crippen molar-refractivity contribution in [2.45, 2.75) is 65.2 Å². The Morgan fingerprint density at radius 2 is 1.91 bits per heavy atom. The average Bonchev–Trinajstić information content (AvgIpc) is 3.35. The predicted octanol–water partition coefficient (Wildman–Crippen LogP) is 3.28. The SMILES string of the molecule is CCCN(CCC)C(=O)C1CC1C(=O)NCCC1=CCCCC1. The van der Waals surface area contributed by atoms with Crippen LogP contribution in [0.3, 0.4) is 0 Å². The predicted molar refractivity (Wildman–Crippen MR) is 92.9 cm³/mol. The van der Waals surface area contributed by atoms with Gasteiger partial charge in [-0.05, 0) is 51.4 Å². The maximum atomic E-state index is 12.5. The van der Waals surface area contributed by atoms with Gasteiger partial charge in [0.1, 0.15) is 0 Å². The largest absolute Gasteiger partial charge is 0.356 e. The van der Waals surface area contributed by atoms with Gasteiger partial charge in [-0.3, -0.25) is 9.59 Å². The number of nitrogens with one attached hydrogen (secondary N) is 1. The lowest BCUT2D eigenvalue weighted by Gasteiger charge is -2.21. The summed E-state index contributed by atoms with van der Waals surface area (Å²) in [7, 11) is 0. The van der Waals surface area contributed by atoms with E-state index in [-0.39, 0.29) is 23.7 Å². The second kappa shape index (κ2) is 9.09. The molecular weight excluding hydrogens is 288 g/mol. The Morgan fingerprint density at radius 1 is 1.17 bits per heavy atom. The Bertz CT molecular complexity index is 439.